The summed E-state index contributed by atoms with van der Waals surface area (Å²) >= 11 is 0. The van der Waals surface area contributed by atoms with Crippen LogP contribution in [0.25, 0.3) is 116 Å². The van der Waals surface area contributed by atoms with Gasteiger partial charge in [-0.05, 0) is 133 Å². The average molecular weight is 971 g/mol. The Morgan fingerprint density at radius 2 is 0.724 bits per heavy atom. The number of hydrogen-bond acceptors (Lipinski definition) is 2. The zero-order valence-electron chi connectivity index (χ0n) is 41.7. The van der Waals surface area contributed by atoms with Crippen LogP contribution in [-0.2, 0) is 6.54 Å². The van der Waals surface area contributed by atoms with Gasteiger partial charge in [-0.15, -0.1) is 0 Å². The molecule has 0 amide bonds. The molecule has 0 N–H and O–H groups in total. The van der Waals surface area contributed by atoms with Gasteiger partial charge in [0.25, 0.3) is 0 Å². The summed E-state index contributed by atoms with van der Waals surface area (Å²) in [5.41, 5.74) is 23.0. The van der Waals surface area contributed by atoms with E-state index < -0.39 is 0 Å². The van der Waals surface area contributed by atoms with E-state index in [1.54, 1.807) is 0 Å². The minimum absolute atomic E-state index is 0.662. The number of para-hydroxylation sites is 2. The van der Waals surface area contributed by atoms with E-state index in [0.717, 1.165) is 50.0 Å². The van der Waals surface area contributed by atoms with Crippen LogP contribution in [0.1, 0.15) is 5.56 Å². The normalized spacial score (nSPS) is 11.5. The number of rotatable bonds is 11. The Hall–Kier alpha value is -9.96. The highest BCUT2D eigenvalue weighted by Gasteiger charge is 2.20. The average Bonchev–Trinajstić information content (AvgIpc) is 4.15. The van der Waals surface area contributed by atoms with E-state index >= 15 is 0 Å². The summed E-state index contributed by atoms with van der Waals surface area (Å²) in [6, 6.07) is 105. The third-order valence-corrected chi connectivity index (χ3v) is 15.2. The molecule has 0 fully saturated rings. The first-order valence-corrected chi connectivity index (χ1v) is 26.1. The summed E-state index contributed by atoms with van der Waals surface area (Å²) in [6.45, 7) is 0.662. The van der Waals surface area contributed by atoms with Crippen molar-refractivity contribution in [1.82, 2.24) is 4.57 Å². The van der Waals surface area contributed by atoms with Crippen LogP contribution in [0.3, 0.4) is 0 Å². The predicted molar refractivity (Wildman–Crippen MR) is 319 cm³/mol. The number of furan rings is 1. The van der Waals surface area contributed by atoms with Gasteiger partial charge in [-0.1, -0.05) is 224 Å². The molecule has 2 aromatic heterocycles. The lowest BCUT2D eigenvalue weighted by Gasteiger charge is -2.27. The summed E-state index contributed by atoms with van der Waals surface area (Å²) < 4.78 is 8.79. The minimum atomic E-state index is 0.662. The van der Waals surface area contributed by atoms with Crippen molar-refractivity contribution >= 4 is 55.1 Å². The van der Waals surface area contributed by atoms with E-state index in [4.69, 9.17) is 4.42 Å². The molecule has 3 heteroatoms. The number of aromatic nitrogens is 1. The molecule has 0 unspecified atom stereocenters. The Morgan fingerprint density at radius 1 is 0.289 bits per heavy atom. The standard InChI is InChI=1S/C73H50N2O/c1-3-15-50(16-4-1)52-29-33-54(34-30-52)56-37-41-61(42-38-56)74(62-43-39-57(40-44-62)55-35-31-53(32-36-55)51-17-5-2-6-18-51)49-60-19-7-8-22-64(60)58-20-13-21-59(47-58)65-25-14-27-70-73(65)68-24-9-11-26-69(68)75(70)63-45-46-67-66-23-10-12-28-71(66)76-72(67)48-63/h1-48H,49H2. The summed E-state index contributed by atoms with van der Waals surface area (Å²) in [5.74, 6) is 0. The van der Waals surface area contributed by atoms with Gasteiger partial charge >= 0.3 is 0 Å². The molecule has 0 aliphatic rings. The first kappa shape index (κ1) is 44.7. The van der Waals surface area contributed by atoms with Crippen LogP contribution in [0.2, 0.25) is 0 Å². The zero-order chi connectivity index (χ0) is 50.4. The van der Waals surface area contributed by atoms with E-state index in [0.29, 0.717) is 6.54 Å². The lowest BCUT2D eigenvalue weighted by molar-refractivity contribution is 0.668. The van der Waals surface area contributed by atoms with Crippen LogP contribution >= 0.6 is 0 Å². The molecular weight excluding hydrogens is 921 g/mol. The quantitative estimate of drug-likeness (QED) is 0.129. The lowest BCUT2D eigenvalue weighted by Crippen LogP contribution is -2.17. The van der Waals surface area contributed by atoms with Crippen molar-refractivity contribution in [3.63, 3.8) is 0 Å². The second kappa shape index (κ2) is 19.1. The molecule has 0 radical (unpaired) electrons. The summed E-state index contributed by atoms with van der Waals surface area (Å²) in [7, 11) is 0. The Morgan fingerprint density at radius 3 is 1.34 bits per heavy atom. The molecule has 0 aliphatic carbocycles. The maximum Gasteiger partial charge on any atom is 0.137 e. The molecule has 14 rings (SSSR count). The van der Waals surface area contributed by atoms with Gasteiger partial charge in [0, 0.05) is 51.2 Å². The molecule has 76 heavy (non-hydrogen) atoms. The number of anilines is 2. The number of nitrogens with zero attached hydrogens (tertiary/aromatic N) is 2. The molecule has 0 spiro atoms. The fourth-order valence-electron chi connectivity index (χ4n) is 11.3. The van der Waals surface area contributed by atoms with Gasteiger partial charge in [-0.2, -0.15) is 0 Å². The van der Waals surface area contributed by atoms with Crippen LogP contribution < -0.4 is 4.90 Å². The largest absolute Gasteiger partial charge is 0.456 e. The van der Waals surface area contributed by atoms with Gasteiger partial charge in [-0.3, -0.25) is 0 Å². The van der Waals surface area contributed by atoms with Gasteiger partial charge in [-0.25, -0.2) is 0 Å². The molecule has 3 nitrogen and oxygen atoms in total. The third kappa shape index (κ3) is 8.21. The highest BCUT2D eigenvalue weighted by Crippen LogP contribution is 2.42. The number of benzene rings is 12. The predicted octanol–water partition coefficient (Wildman–Crippen LogP) is 20.0. The smallest absolute Gasteiger partial charge is 0.137 e. The lowest BCUT2D eigenvalue weighted by atomic mass is 9.93. The van der Waals surface area contributed by atoms with Crippen LogP contribution in [0.4, 0.5) is 11.4 Å². The molecule has 0 bridgehead atoms. The zero-order valence-corrected chi connectivity index (χ0v) is 41.7. The van der Waals surface area contributed by atoms with Crippen molar-refractivity contribution in [2.75, 3.05) is 4.90 Å². The van der Waals surface area contributed by atoms with Crippen LogP contribution in [-0.4, -0.2) is 4.57 Å². The van der Waals surface area contributed by atoms with Crippen molar-refractivity contribution < 1.29 is 4.42 Å². The minimum Gasteiger partial charge on any atom is -0.456 e. The molecule has 14 aromatic rings. The highest BCUT2D eigenvalue weighted by atomic mass is 16.3. The van der Waals surface area contributed by atoms with Crippen LogP contribution in [0, 0.1) is 0 Å². The summed E-state index contributed by atoms with van der Waals surface area (Å²) in [4.78, 5) is 2.45. The number of fused-ring (bicyclic) bond motifs is 6. The number of hydrogen-bond donors (Lipinski definition) is 0. The maximum atomic E-state index is 6.40. The van der Waals surface area contributed by atoms with Gasteiger partial charge in [0.15, 0.2) is 0 Å². The second-order valence-corrected chi connectivity index (χ2v) is 19.6. The van der Waals surface area contributed by atoms with Crippen molar-refractivity contribution in [3.05, 3.63) is 297 Å². The van der Waals surface area contributed by atoms with Crippen molar-refractivity contribution in [3.8, 4) is 72.4 Å². The molecule has 0 atom stereocenters. The Labute approximate surface area is 442 Å². The van der Waals surface area contributed by atoms with Crippen molar-refractivity contribution in [1.29, 1.82) is 0 Å². The first-order chi connectivity index (χ1) is 37.7. The van der Waals surface area contributed by atoms with Crippen LogP contribution in [0.5, 0.6) is 0 Å². The van der Waals surface area contributed by atoms with Crippen molar-refractivity contribution in [2.45, 2.75) is 6.54 Å². The Kier molecular flexibility index (Phi) is 11.3. The van der Waals surface area contributed by atoms with E-state index in [9.17, 15) is 0 Å². The fraction of sp³-hybridized carbons (Fsp3) is 0.0137. The maximum absolute atomic E-state index is 6.40. The third-order valence-electron chi connectivity index (χ3n) is 15.2. The second-order valence-electron chi connectivity index (χ2n) is 19.6. The topological polar surface area (TPSA) is 21.3 Å². The van der Waals surface area contributed by atoms with Crippen molar-refractivity contribution in [2.24, 2.45) is 0 Å². The van der Waals surface area contributed by atoms with Gasteiger partial charge in [0.05, 0.1) is 11.0 Å². The van der Waals surface area contributed by atoms with E-state index in [1.807, 2.05) is 12.1 Å². The van der Waals surface area contributed by atoms with Gasteiger partial charge < -0.3 is 13.9 Å². The summed E-state index contributed by atoms with van der Waals surface area (Å²) in [5, 5.41) is 4.70. The molecule has 0 aliphatic heterocycles. The molecular formula is C73H50N2O. The molecule has 12 aromatic carbocycles. The Balaban J connectivity index is 0.821. The van der Waals surface area contributed by atoms with Gasteiger partial charge in [0.2, 0.25) is 0 Å². The molecule has 2 heterocycles. The van der Waals surface area contributed by atoms with E-state index in [-0.39, 0.29) is 0 Å². The van der Waals surface area contributed by atoms with Crippen LogP contribution in [0.15, 0.2) is 296 Å². The van der Waals surface area contributed by atoms with E-state index in [1.165, 1.54) is 83.1 Å². The summed E-state index contributed by atoms with van der Waals surface area (Å²) in [6.07, 6.45) is 0. The van der Waals surface area contributed by atoms with E-state index in [2.05, 4.69) is 289 Å². The first-order valence-electron chi connectivity index (χ1n) is 26.1. The molecule has 0 saturated carbocycles. The van der Waals surface area contributed by atoms with Gasteiger partial charge in [0.1, 0.15) is 11.2 Å². The SMILES string of the molecule is c1ccc(-c2ccc(-c3ccc(N(Cc4ccccc4-c4cccc(-c5cccc6c5c5ccccc5n6-c5ccc6c(c5)oc5ccccc56)c4)c4ccc(-c5ccc(-c6ccccc6)cc5)cc4)cc3)cc2)cc1. The fourth-order valence-corrected chi connectivity index (χ4v) is 11.3. The Bertz CT molecular complexity index is 4250. The monoisotopic (exact) mass is 970 g/mol. The molecule has 0 saturated heterocycles. The highest BCUT2D eigenvalue weighted by molar-refractivity contribution is 6.16. The molecule has 358 valence electrons.